The Kier molecular flexibility index (Phi) is 9.45. The van der Waals surface area contributed by atoms with Crippen molar-refractivity contribution in [1.82, 2.24) is 45.9 Å². The van der Waals surface area contributed by atoms with Crippen LogP contribution in [0.3, 0.4) is 0 Å². The Morgan fingerprint density at radius 3 is 1.51 bits per heavy atom. The average Bonchev–Trinajstić information content (AvgIpc) is 3.65. The summed E-state index contributed by atoms with van der Waals surface area (Å²) >= 11 is 0. The fourth-order valence-corrected chi connectivity index (χ4v) is 3.39. The van der Waals surface area contributed by atoms with Crippen LogP contribution in [0.25, 0.3) is 0 Å². The normalized spacial score (nSPS) is 14.2. The first kappa shape index (κ1) is 27.0. The zero-order valence-electron chi connectivity index (χ0n) is 19.5. The molecule has 0 aliphatic heterocycles. The van der Waals surface area contributed by atoms with E-state index in [4.69, 9.17) is 10.8 Å². The molecule has 0 fully saturated rings. The zero-order chi connectivity index (χ0) is 26.8. The quantitative estimate of drug-likeness (QED) is 0.103. The van der Waals surface area contributed by atoms with E-state index < -0.39 is 54.5 Å². The number of aliphatic hydroxyl groups excluding tert-OH is 1. The molecule has 3 heterocycles. The lowest BCUT2D eigenvalue weighted by Gasteiger charge is -2.24. The summed E-state index contributed by atoms with van der Waals surface area (Å²) in [6, 6.07) is -5.00. The van der Waals surface area contributed by atoms with Gasteiger partial charge in [0.1, 0.15) is 18.1 Å². The minimum Gasteiger partial charge on any atom is -0.480 e. The zero-order valence-corrected chi connectivity index (χ0v) is 19.5. The van der Waals surface area contributed by atoms with Crippen molar-refractivity contribution in [1.29, 1.82) is 0 Å². The van der Waals surface area contributed by atoms with Gasteiger partial charge in [0.15, 0.2) is 0 Å². The van der Waals surface area contributed by atoms with E-state index in [1.54, 1.807) is 0 Å². The Morgan fingerprint density at radius 1 is 0.730 bits per heavy atom. The summed E-state index contributed by atoms with van der Waals surface area (Å²) in [5.41, 5.74) is 7.64. The summed E-state index contributed by atoms with van der Waals surface area (Å²) in [5.74, 6) is -3.65. The Morgan fingerprint density at radius 2 is 1.14 bits per heavy atom. The van der Waals surface area contributed by atoms with Gasteiger partial charge in [-0.1, -0.05) is 0 Å². The molecule has 0 spiro atoms. The van der Waals surface area contributed by atoms with E-state index in [2.05, 4.69) is 45.9 Å². The van der Waals surface area contributed by atoms with Gasteiger partial charge in [0.25, 0.3) is 0 Å². The number of carboxylic acids is 1. The standard InChI is InChI=1S/C21H28N10O6/c22-14(1-11-4-23-8-26-11)18(33)29-15(2-12-5-24-9-27-12)19(34)30-16(3-13-6-25-10-28-13)20(35)31-17(7-32)21(36)37/h4-6,8-10,14-17,32H,1-3,7,22H2,(H,23,26)(H,24,27)(H,25,28)(H,29,33)(H,30,34)(H,31,35)(H,36,37). The monoisotopic (exact) mass is 516 g/mol. The summed E-state index contributed by atoms with van der Waals surface area (Å²) < 4.78 is 0. The second kappa shape index (κ2) is 12.9. The molecule has 0 saturated carbocycles. The number of nitrogens with one attached hydrogen (secondary N) is 6. The van der Waals surface area contributed by atoms with Crippen molar-refractivity contribution in [2.45, 2.75) is 43.4 Å². The number of aliphatic hydroxyl groups is 1. The van der Waals surface area contributed by atoms with E-state index in [9.17, 15) is 24.3 Å². The Labute approximate surface area is 209 Å². The highest BCUT2D eigenvalue weighted by Crippen LogP contribution is 2.05. The van der Waals surface area contributed by atoms with Crippen molar-refractivity contribution in [3.05, 3.63) is 54.7 Å². The number of aromatic nitrogens is 6. The van der Waals surface area contributed by atoms with Gasteiger partial charge in [0.2, 0.25) is 17.7 Å². The van der Waals surface area contributed by atoms with Gasteiger partial charge in [-0.3, -0.25) is 14.4 Å². The number of nitrogens with two attached hydrogens (primary N) is 1. The van der Waals surface area contributed by atoms with Crippen molar-refractivity contribution in [3.8, 4) is 0 Å². The van der Waals surface area contributed by atoms with E-state index in [-0.39, 0.29) is 19.3 Å². The number of H-pyrrole nitrogens is 3. The third kappa shape index (κ3) is 7.97. The number of rotatable bonds is 14. The number of carbonyl (C=O) groups excluding carboxylic acids is 3. The van der Waals surface area contributed by atoms with Crippen LogP contribution >= 0.6 is 0 Å². The van der Waals surface area contributed by atoms with Gasteiger partial charge in [0, 0.05) is 54.9 Å². The maximum atomic E-state index is 13.3. The van der Waals surface area contributed by atoms with Gasteiger partial charge in [-0.2, -0.15) is 0 Å². The lowest BCUT2D eigenvalue weighted by Crippen LogP contribution is -2.58. The molecule has 0 aromatic carbocycles. The van der Waals surface area contributed by atoms with Crippen LogP contribution < -0.4 is 21.7 Å². The number of nitrogens with zero attached hydrogens (tertiary/aromatic N) is 3. The van der Waals surface area contributed by atoms with E-state index in [0.29, 0.717) is 17.1 Å². The van der Waals surface area contributed by atoms with Crippen molar-refractivity contribution < 1.29 is 29.4 Å². The average molecular weight is 517 g/mol. The highest BCUT2D eigenvalue weighted by Gasteiger charge is 2.31. The van der Waals surface area contributed by atoms with E-state index in [1.807, 2.05) is 0 Å². The van der Waals surface area contributed by atoms with E-state index in [1.165, 1.54) is 37.6 Å². The first-order chi connectivity index (χ1) is 17.8. The number of carboxylic acid groups (broad SMARTS) is 1. The third-order valence-electron chi connectivity index (χ3n) is 5.35. The number of aliphatic carboxylic acids is 1. The predicted octanol–water partition coefficient (Wildman–Crippen LogP) is -3.26. The Bertz CT molecular complexity index is 1150. The molecule has 3 aromatic rings. The molecular formula is C21H28N10O6. The predicted molar refractivity (Wildman–Crippen MR) is 125 cm³/mol. The van der Waals surface area contributed by atoms with Crippen LogP contribution in [0.15, 0.2) is 37.6 Å². The molecule has 198 valence electrons. The highest BCUT2D eigenvalue weighted by atomic mass is 16.4. The smallest absolute Gasteiger partial charge is 0.328 e. The van der Waals surface area contributed by atoms with Crippen LogP contribution in [0.5, 0.6) is 0 Å². The van der Waals surface area contributed by atoms with Gasteiger partial charge >= 0.3 is 5.97 Å². The van der Waals surface area contributed by atoms with Crippen molar-refractivity contribution >= 4 is 23.7 Å². The largest absolute Gasteiger partial charge is 0.480 e. The number of aromatic amines is 3. The Hall–Kier alpha value is -4.57. The molecule has 0 bridgehead atoms. The summed E-state index contributed by atoms with van der Waals surface area (Å²) in [4.78, 5) is 70.3. The molecule has 16 nitrogen and oxygen atoms in total. The third-order valence-corrected chi connectivity index (χ3v) is 5.35. The first-order valence-electron chi connectivity index (χ1n) is 11.2. The molecule has 16 heteroatoms. The van der Waals surface area contributed by atoms with Crippen LogP contribution in [0.1, 0.15) is 17.1 Å². The van der Waals surface area contributed by atoms with Gasteiger partial charge in [-0.05, 0) is 0 Å². The number of hydrogen-bond donors (Lipinski definition) is 9. The fraction of sp³-hybridized carbons (Fsp3) is 0.381. The fourth-order valence-electron chi connectivity index (χ4n) is 3.39. The first-order valence-corrected chi connectivity index (χ1v) is 11.2. The number of carbonyl (C=O) groups is 4. The van der Waals surface area contributed by atoms with Crippen LogP contribution in [0.4, 0.5) is 0 Å². The lowest BCUT2D eigenvalue weighted by molar-refractivity contribution is -0.143. The van der Waals surface area contributed by atoms with Crippen molar-refractivity contribution in [2.24, 2.45) is 5.73 Å². The number of amides is 3. The highest BCUT2D eigenvalue weighted by molar-refractivity contribution is 5.94. The number of hydrogen-bond acceptors (Lipinski definition) is 9. The van der Waals surface area contributed by atoms with Crippen molar-refractivity contribution in [3.63, 3.8) is 0 Å². The molecular weight excluding hydrogens is 488 g/mol. The van der Waals surface area contributed by atoms with Gasteiger partial charge in [0.05, 0.1) is 31.6 Å². The topological polar surface area (TPSA) is 257 Å². The van der Waals surface area contributed by atoms with Crippen LogP contribution in [-0.2, 0) is 38.4 Å². The van der Waals surface area contributed by atoms with E-state index in [0.717, 1.165) is 0 Å². The second-order valence-electron chi connectivity index (χ2n) is 8.15. The van der Waals surface area contributed by atoms with Crippen LogP contribution in [0, 0.1) is 0 Å². The van der Waals surface area contributed by atoms with Gasteiger partial charge < -0.3 is 46.8 Å². The van der Waals surface area contributed by atoms with Crippen LogP contribution in [0.2, 0.25) is 0 Å². The van der Waals surface area contributed by atoms with Gasteiger partial charge in [-0.25, -0.2) is 19.7 Å². The summed E-state index contributed by atoms with van der Waals surface area (Å²) in [7, 11) is 0. The molecule has 4 atom stereocenters. The number of imidazole rings is 3. The molecule has 3 aromatic heterocycles. The minimum absolute atomic E-state index is 0.00113. The molecule has 0 aliphatic carbocycles. The van der Waals surface area contributed by atoms with Crippen LogP contribution in [-0.4, -0.2) is 94.6 Å². The lowest BCUT2D eigenvalue weighted by atomic mass is 10.1. The molecule has 10 N–H and O–H groups in total. The maximum absolute atomic E-state index is 13.3. The van der Waals surface area contributed by atoms with E-state index >= 15 is 0 Å². The molecule has 0 saturated heterocycles. The SMILES string of the molecule is NC(Cc1cnc[nH]1)C(=O)NC(Cc1cnc[nH]1)C(=O)NC(Cc1cnc[nH]1)C(=O)NC(CO)C(=O)O. The molecule has 3 amide bonds. The molecule has 0 radical (unpaired) electrons. The molecule has 0 aliphatic rings. The van der Waals surface area contributed by atoms with Crippen molar-refractivity contribution in [2.75, 3.05) is 6.61 Å². The minimum atomic E-state index is -1.57. The second-order valence-corrected chi connectivity index (χ2v) is 8.15. The summed E-state index contributed by atoms with van der Waals surface area (Å²) in [6.07, 6.45) is 8.75. The molecule has 37 heavy (non-hydrogen) atoms. The summed E-state index contributed by atoms with van der Waals surface area (Å²) in [6.45, 7) is -0.849. The molecule has 4 unspecified atom stereocenters. The molecule has 3 rings (SSSR count). The Balaban J connectivity index is 1.75. The van der Waals surface area contributed by atoms with Gasteiger partial charge in [-0.15, -0.1) is 0 Å². The summed E-state index contributed by atoms with van der Waals surface area (Å²) in [5, 5.41) is 25.8. The maximum Gasteiger partial charge on any atom is 0.328 e.